The van der Waals surface area contributed by atoms with Gasteiger partial charge in [-0.05, 0) is 115 Å². The van der Waals surface area contributed by atoms with Gasteiger partial charge in [-0.15, -0.1) is 6.58 Å². The molecule has 2 heterocycles. The van der Waals surface area contributed by atoms with Crippen molar-refractivity contribution in [2.24, 2.45) is 28.8 Å². The number of carbonyl (C=O) groups is 2. The van der Waals surface area contributed by atoms with Crippen LogP contribution < -0.4 is 23.7 Å². The minimum atomic E-state index is -1.45. The summed E-state index contributed by atoms with van der Waals surface area (Å²) in [7, 11) is 1.52. The second-order valence-electron chi connectivity index (χ2n) is 19.6. The van der Waals surface area contributed by atoms with E-state index in [-0.39, 0.29) is 69.8 Å². The first-order chi connectivity index (χ1) is 34.9. The van der Waals surface area contributed by atoms with Gasteiger partial charge in [0, 0.05) is 44.1 Å². The van der Waals surface area contributed by atoms with Gasteiger partial charge in [-0.25, -0.2) is 0 Å². The van der Waals surface area contributed by atoms with Gasteiger partial charge in [0.2, 0.25) is 18.5 Å². The Labute approximate surface area is 417 Å². The molecule has 2 N–H and O–H groups in total. The molecule has 13 heteroatoms. The zero-order valence-electron chi connectivity index (χ0n) is 40.9. The van der Waals surface area contributed by atoms with Gasteiger partial charge < -0.3 is 48.4 Å². The molecule has 4 aromatic rings. The maximum absolute atomic E-state index is 15.4. The van der Waals surface area contributed by atoms with Crippen LogP contribution in [0.2, 0.25) is 0 Å². The molecule has 2 aliphatic heterocycles. The molecule has 9 rings (SSSR count). The molecule has 2 saturated carbocycles. The highest BCUT2D eigenvalue weighted by molar-refractivity contribution is 6.03. The molecule has 0 spiro atoms. The third-order valence-electron chi connectivity index (χ3n) is 15.2. The Morgan fingerprint density at radius 1 is 0.873 bits per heavy atom. The number of hydrogen-bond donors (Lipinski definition) is 2. The second kappa shape index (κ2) is 23.4. The highest BCUT2D eigenvalue weighted by Gasteiger charge is 2.65. The van der Waals surface area contributed by atoms with Crippen LogP contribution in [0.25, 0.3) is 0 Å². The van der Waals surface area contributed by atoms with Crippen LogP contribution in [-0.4, -0.2) is 78.6 Å². The molecule has 0 saturated heterocycles. The summed E-state index contributed by atoms with van der Waals surface area (Å²) in [5.74, 6) is 1.68. The SMILES string of the molecule is C=CCO[C@@]12Oc3ccc(Oc4ccc(OC)c(C=O)c4)cc3[C@H]3[C@H](CCCCO)[C@@H](CCCCO)C=C(C(=NOCc4ccccc4)C[C@@H]1N(Cc1ccc4c(c1)OCO4)C(=O)CCC1CCCC1)[C@H]32. The van der Waals surface area contributed by atoms with E-state index < -0.39 is 17.7 Å². The zero-order valence-corrected chi connectivity index (χ0v) is 40.9. The minimum Gasteiger partial charge on any atom is -0.496 e. The number of methoxy groups -OCH3 is 1. The molecule has 6 atom stereocenters. The standard InChI is InChI=1S/C58H68N2O11/c1-3-29-68-58-54(60(55(64)26-20-39-13-7-8-14-39)35-41-19-23-52-53(30-41)67-38-66-52)34-49(59-69-37-40-15-5-4-6-16-40)47-32-42(17-9-11-27-61)46(18-10-12-28-62)56(57(47)58)48-33-45(22-25-51(48)71-58)70-44-21-24-50(65-2)43(31-44)36-63/h3-6,15-16,19,21-25,30-33,36,39,42,46,54,56-57,61-62H,1,7-14,17-18,20,26-29,34-35,37-38H2,2H3/t42-,46+,54-,56+,57+,58+/m0/s1. The molecule has 13 nitrogen and oxygen atoms in total. The van der Waals surface area contributed by atoms with Crippen molar-refractivity contribution < 1.29 is 53.1 Å². The van der Waals surface area contributed by atoms with Crippen LogP contribution in [0.5, 0.6) is 34.5 Å². The maximum atomic E-state index is 15.4. The molecule has 0 aromatic heterocycles. The summed E-state index contributed by atoms with van der Waals surface area (Å²) < 4.78 is 38.4. The maximum Gasteiger partial charge on any atom is 0.239 e. The van der Waals surface area contributed by atoms with E-state index in [1.54, 1.807) is 24.3 Å². The van der Waals surface area contributed by atoms with Gasteiger partial charge in [-0.3, -0.25) is 9.59 Å². The first-order valence-corrected chi connectivity index (χ1v) is 25.6. The monoisotopic (exact) mass is 968 g/mol. The number of ether oxygens (including phenoxy) is 6. The lowest BCUT2D eigenvalue weighted by molar-refractivity contribution is -0.258. The third kappa shape index (κ3) is 11.0. The number of fused-ring (bicyclic) bond motifs is 3. The van der Waals surface area contributed by atoms with Gasteiger partial charge in [0.15, 0.2) is 17.8 Å². The number of amides is 1. The van der Waals surface area contributed by atoms with Crippen LogP contribution in [0.15, 0.2) is 114 Å². The van der Waals surface area contributed by atoms with Gasteiger partial charge in [0.25, 0.3) is 0 Å². The summed E-state index contributed by atoms with van der Waals surface area (Å²) in [6.45, 7) is 5.04. The lowest BCUT2D eigenvalue weighted by atomic mass is 9.55. The van der Waals surface area contributed by atoms with Gasteiger partial charge in [0.1, 0.15) is 35.6 Å². The lowest BCUT2D eigenvalue weighted by Gasteiger charge is -2.60. The number of aliphatic hydroxyl groups is 2. The number of nitrogens with zero attached hydrogens (tertiary/aromatic N) is 2. The minimum absolute atomic E-state index is 0.000747. The topological polar surface area (TPSA) is 155 Å². The Kier molecular flexibility index (Phi) is 16.4. The Balaban J connectivity index is 1.23. The van der Waals surface area contributed by atoms with Crippen molar-refractivity contribution in [1.82, 2.24) is 4.90 Å². The molecule has 3 aliphatic carbocycles. The Hall–Kier alpha value is -6.15. The number of rotatable bonds is 24. The summed E-state index contributed by atoms with van der Waals surface area (Å²) in [6.07, 6.45) is 15.3. The molecule has 5 aliphatic rings. The highest BCUT2D eigenvalue weighted by atomic mass is 16.7. The first kappa shape index (κ1) is 49.8. The van der Waals surface area contributed by atoms with Gasteiger partial charge in [-0.1, -0.05) is 92.2 Å². The van der Waals surface area contributed by atoms with Crippen LogP contribution in [0, 0.1) is 23.7 Å². The van der Waals surface area contributed by atoms with Crippen LogP contribution in [0.1, 0.15) is 116 Å². The molecular formula is C58H68N2O11. The Bertz CT molecular complexity index is 2540. The van der Waals surface area contributed by atoms with Crippen LogP contribution >= 0.6 is 0 Å². The predicted octanol–water partition coefficient (Wildman–Crippen LogP) is 10.9. The van der Waals surface area contributed by atoms with Crippen molar-refractivity contribution in [2.75, 3.05) is 33.7 Å². The largest absolute Gasteiger partial charge is 0.496 e. The fourth-order valence-corrected chi connectivity index (χ4v) is 11.9. The van der Waals surface area contributed by atoms with E-state index >= 15 is 4.79 Å². The summed E-state index contributed by atoms with van der Waals surface area (Å²) in [5.41, 5.74) is 4.80. The highest BCUT2D eigenvalue weighted by Crippen LogP contribution is 2.62. The van der Waals surface area contributed by atoms with E-state index in [4.69, 9.17) is 38.4 Å². The molecule has 2 fully saturated rings. The van der Waals surface area contributed by atoms with Crippen molar-refractivity contribution in [3.63, 3.8) is 0 Å². The summed E-state index contributed by atoms with van der Waals surface area (Å²) in [6, 6.07) is 26.1. The number of oxime groups is 1. The molecule has 4 aromatic carbocycles. The number of benzene rings is 4. The first-order valence-electron chi connectivity index (χ1n) is 25.6. The second-order valence-corrected chi connectivity index (χ2v) is 19.6. The smallest absolute Gasteiger partial charge is 0.239 e. The van der Waals surface area contributed by atoms with Crippen molar-refractivity contribution in [3.05, 3.63) is 131 Å². The van der Waals surface area contributed by atoms with Crippen LogP contribution in [0.3, 0.4) is 0 Å². The van der Waals surface area contributed by atoms with Crippen molar-refractivity contribution >= 4 is 17.9 Å². The Morgan fingerprint density at radius 2 is 1.63 bits per heavy atom. The fourth-order valence-electron chi connectivity index (χ4n) is 11.9. The van der Waals surface area contributed by atoms with E-state index in [0.29, 0.717) is 65.2 Å². The van der Waals surface area contributed by atoms with Gasteiger partial charge in [-0.2, -0.15) is 0 Å². The summed E-state index contributed by atoms with van der Waals surface area (Å²) >= 11 is 0. The molecule has 0 radical (unpaired) electrons. The van der Waals surface area contributed by atoms with Gasteiger partial charge in [0.05, 0.1) is 30.9 Å². The molecule has 71 heavy (non-hydrogen) atoms. The average molecular weight is 969 g/mol. The normalized spacial score (nSPS) is 23.5. The fraction of sp³-hybridized carbons (Fsp3) is 0.466. The Morgan fingerprint density at radius 3 is 2.41 bits per heavy atom. The average Bonchev–Trinajstić information content (AvgIpc) is 4.11. The van der Waals surface area contributed by atoms with E-state index in [2.05, 4.69) is 12.7 Å². The number of hydrogen-bond acceptors (Lipinski definition) is 12. The van der Waals surface area contributed by atoms with E-state index in [1.807, 2.05) is 71.6 Å². The van der Waals surface area contributed by atoms with Crippen molar-refractivity contribution in [1.29, 1.82) is 0 Å². The molecule has 1 amide bonds. The van der Waals surface area contributed by atoms with E-state index in [0.717, 1.165) is 79.2 Å². The molecule has 0 bridgehead atoms. The molecular weight excluding hydrogens is 901 g/mol. The van der Waals surface area contributed by atoms with Gasteiger partial charge >= 0.3 is 0 Å². The third-order valence-corrected chi connectivity index (χ3v) is 15.2. The predicted molar refractivity (Wildman–Crippen MR) is 269 cm³/mol. The quantitative estimate of drug-likeness (QED) is 0.0298. The molecule has 376 valence electrons. The number of allylic oxidation sites excluding steroid dienone is 1. The van der Waals surface area contributed by atoms with Crippen LogP contribution in [-0.2, 0) is 27.5 Å². The number of aldehydes is 1. The summed E-state index contributed by atoms with van der Waals surface area (Å²) in [5, 5.41) is 25.2. The number of carbonyl (C=O) groups excluding carboxylic acids is 2. The van der Waals surface area contributed by atoms with Crippen LogP contribution in [0.4, 0.5) is 0 Å². The lowest BCUT2D eigenvalue weighted by Crippen LogP contribution is -2.70. The number of aliphatic hydroxyl groups excluding tert-OH is 2. The van der Waals surface area contributed by atoms with E-state index in [1.165, 1.54) is 20.0 Å². The number of unbranched alkanes of at least 4 members (excludes halogenated alkanes) is 2. The summed E-state index contributed by atoms with van der Waals surface area (Å²) in [4.78, 5) is 35.8. The van der Waals surface area contributed by atoms with Crippen molar-refractivity contribution in [3.8, 4) is 34.5 Å². The van der Waals surface area contributed by atoms with Crippen molar-refractivity contribution in [2.45, 2.75) is 114 Å². The molecule has 0 unspecified atom stereocenters. The zero-order chi connectivity index (χ0) is 49.2. The van der Waals surface area contributed by atoms with E-state index in [9.17, 15) is 15.0 Å².